The summed E-state index contributed by atoms with van der Waals surface area (Å²) in [7, 11) is 1.47. The molecule has 6 heteroatoms. The van der Waals surface area contributed by atoms with Crippen molar-refractivity contribution in [1.29, 1.82) is 0 Å². The smallest absolute Gasteiger partial charge is 0.408 e. The quantitative estimate of drug-likeness (QED) is 0.766. The minimum Gasteiger partial charge on any atom is -0.480 e. The number of alkyl carbamates (subject to hydrolysis) is 1. The lowest BCUT2D eigenvalue weighted by Crippen LogP contribution is -2.54. The summed E-state index contributed by atoms with van der Waals surface area (Å²) in [5, 5.41) is 11.4. The lowest BCUT2D eigenvalue weighted by atomic mass is 9.99. The molecule has 0 rings (SSSR count). The van der Waals surface area contributed by atoms with Crippen molar-refractivity contribution in [2.75, 3.05) is 13.7 Å². The third-order valence-corrected chi connectivity index (χ3v) is 2.06. The molecule has 6 nitrogen and oxygen atoms in total. The predicted molar refractivity (Wildman–Crippen MR) is 61.9 cm³/mol. The third kappa shape index (κ3) is 6.11. The van der Waals surface area contributed by atoms with Gasteiger partial charge < -0.3 is 19.9 Å². The molecule has 0 aromatic heterocycles. The van der Waals surface area contributed by atoms with E-state index in [1.807, 2.05) is 0 Å². The van der Waals surface area contributed by atoms with E-state index in [4.69, 9.17) is 14.6 Å². The number of nitrogens with one attached hydrogen (secondary N) is 1. The van der Waals surface area contributed by atoms with Crippen LogP contribution in [0.15, 0.2) is 0 Å². The highest BCUT2D eigenvalue weighted by atomic mass is 16.6. The Morgan fingerprint density at radius 2 is 1.76 bits per heavy atom. The van der Waals surface area contributed by atoms with Crippen LogP contribution in [-0.2, 0) is 14.3 Å². The van der Waals surface area contributed by atoms with Gasteiger partial charge >= 0.3 is 12.1 Å². The van der Waals surface area contributed by atoms with Crippen LogP contribution in [-0.4, -0.2) is 42.0 Å². The van der Waals surface area contributed by atoms with Gasteiger partial charge in [0.1, 0.15) is 11.1 Å². The van der Waals surface area contributed by atoms with Gasteiger partial charge in [-0.3, -0.25) is 0 Å². The van der Waals surface area contributed by atoms with Gasteiger partial charge in [-0.2, -0.15) is 0 Å². The topological polar surface area (TPSA) is 84.9 Å². The molecule has 17 heavy (non-hydrogen) atoms. The van der Waals surface area contributed by atoms with E-state index in [0.29, 0.717) is 0 Å². The summed E-state index contributed by atoms with van der Waals surface area (Å²) in [6.45, 7) is 6.77. The summed E-state index contributed by atoms with van der Waals surface area (Å²) in [6, 6.07) is 0. The molecule has 0 aliphatic carbocycles. The fourth-order valence-corrected chi connectivity index (χ4v) is 1.06. The fraction of sp³-hybridized carbons (Fsp3) is 0.818. The maximum atomic E-state index is 11.5. The Bertz CT molecular complexity index is 284. The number of ether oxygens (including phenoxy) is 2. The van der Waals surface area contributed by atoms with E-state index in [9.17, 15) is 9.59 Å². The van der Waals surface area contributed by atoms with Crippen LogP contribution < -0.4 is 5.32 Å². The zero-order valence-electron chi connectivity index (χ0n) is 11.0. The van der Waals surface area contributed by atoms with E-state index in [0.717, 1.165) is 0 Å². The third-order valence-electron chi connectivity index (χ3n) is 2.06. The van der Waals surface area contributed by atoms with E-state index in [2.05, 4.69) is 5.32 Å². The van der Waals surface area contributed by atoms with Crippen molar-refractivity contribution in [1.82, 2.24) is 5.32 Å². The predicted octanol–water partition coefficient (Wildman–Crippen LogP) is 1.39. The first-order valence-corrected chi connectivity index (χ1v) is 5.34. The van der Waals surface area contributed by atoms with Crippen LogP contribution in [0.25, 0.3) is 0 Å². The normalized spacial score (nSPS) is 14.9. The molecule has 0 heterocycles. The molecular formula is C11H21NO5. The van der Waals surface area contributed by atoms with Crippen LogP contribution in [0.5, 0.6) is 0 Å². The molecule has 0 aliphatic rings. The molecule has 2 N–H and O–H groups in total. The number of carboxylic acids is 1. The Labute approximate surface area is 101 Å². The van der Waals surface area contributed by atoms with Gasteiger partial charge in [0.05, 0.1) is 0 Å². The van der Waals surface area contributed by atoms with Gasteiger partial charge in [-0.25, -0.2) is 9.59 Å². The molecule has 100 valence electrons. The molecule has 0 saturated heterocycles. The average molecular weight is 247 g/mol. The minimum absolute atomic E-state index is 0.165. The monoisotopic (exact) mass is 247 g/mol. The summed E-state index contributed by atoms with van der Waals surface area (Å²) >= 11 is 0. The first kappa shape index (κ1) is 15.7. The molecule has 0 aromatic rings. The average Bonchev–Trinajstić information content (AvgIpc) is 2.11. The molecule has 1 atom stereocenters. The van der Waals surface area contributed by atoms with Crippen molar-refractivity contribution in [3.8, 4) is 0 Å². The first-order chi connectivity index (χ1) is 7.60. The zero-order chi connectivity index (χ0) is 13.7. The lowest BCUT2D eigenvalue weighted by Gasteiger charge is -2.28. The molecule has 1 amide bonds. The van der Waals surface area contributed by atoms with E-state index in [1.165, 1.54) is 14.0 Å². The van der Waals surface area contributed by atoms with E-state index in [1.54, 1.807) is 20.8 Å². The summed E-state index contributed by atoms with van der Waals surface area (Å²) < 4.78 is 9.82. The SMILES string of the molecule is COCCC(C)(NC(=O)OC(C)(C)C)C(=O)O. The number of amides is 1. The summed E-state index contributed by atoms with van der Waals surface area (Å²) in [4.78, 5) is 22.6. The van der Waals surface area contributed by atoms with Crippen molar-refractivity contribution in [2.24, 2.45) is 0 Å². The largest absolute Gasteiger partial charge is 0.480 e. The number of carboxylic acid groups (broad SMARTS) is 1. The van der Waals surface area contributed by atoms with Gasteiger partial charge in [-0.15, -0.1) is 0 Å². The number of carbonyl (C=O) groups is 2. The molecule has 0 saturated carbocycles. The van der Waals surface area contributed by atoms with Gasteiger partial charge in [0, 0.05) is 20.1 Å². The van der Waals surface area contributed by atoms with Gasteiger partial charge in [-0.05, 0) is 27.7 Å². The second kappa shape index (κ2) is 5.86. The highest BCUT2D eigenvalue weighted by Gasteiger charge is 2.36. The number of methoxy groups -OCH3 is 1. The van der Waals surface area contributed by atoms with Crippen molar-refractivity contribution in [3.05, 3.63) is 0 Å². The molecule has 0 spiro atoms. The molecule has 0 fully saturated rings. The van der Waals surface area contributed by atoms with Crippen LogP contribution in [0.4, 0.5) is 4.79 Å². The Kier molecular flexibility index (Phi) is 5.41. The number of carbonyl (C=O) groups excluding carboxylic acids is 1. The molecule has 0 aromatic carbocycles. The van der Waals surface area contributed by atoms with Crippen molar-refractivity contribution in [2.45, 2.75) is 45.3 Å². The van der Waals surface area contributed by atoms with E-state index in [-0.39, 0.29) is 13.0 Å². The van der Waals surface area contributed by atoms with Crippen molar-refractivity contribution >= 4 is 12.1 Å². The molecule has 0 radical (unpaired) electrons. The maximum Gasteiger partial charge on any atom is 0.408 e. The Morgan fingerprint density at radius 1 is 1.24 bits per heavy atom. The number of hydrogen-bond acceptors (Lipinski definition) is 4. The van der Waals surface area contributed by atoms with Gasteiger partial charge in [0.15, 0.2) is 0 Å². The second-order valence-corrected chi connectivity index (χ2v) is 5.01. The highest BCUT2D eigenvalue weighted by molar-refractivity contribution is 5.83. The minimum atomic E-state index is -1.39. The van der Waals surface area contributed by atoms with E-state index < -0.39 is 23.2 Å². The maximum absolute atomic E-state index is 11.5. The Morgan fingerprint density at radius 3 is 2.12 bits per heavy atom. The second-order valence-electron chi connectivity index (χ2n) is 5.01. The molecule has 0 bridgehead atoms. The standard InChI is InChI=1S/C11H21NO5/c1-10(2,3)17-9(15)12-11(4,8(13)14)6-7-16-5/h6-7H2,1-5H3,(H,12,15)(H,13,14). The van der Waals surface area contributed by atoms with Crippen LogP contribution in [0.1, 0.15) is 34.1 Å². The van der Waals surface area contributed by atoms with Crippen molar-refractivity contribution in [3.63, 3.8) is 0 Å². The van der Waals surface area contributed by atoms with Gasteiger partial charge in [0.2, 0.25) is 0 Å². The summed E-state index contributed by atoms with van der Waals surface area (Å²) in [5.41, 5.74) is -2.05. The zero-order valence-corrected chi connectivity index (χ0v) is 11.0. The highest BCUT2D eigenvalue weighted by Crippen LogP contribution is 2.13. The van der Waals surface area contributed by atoms with Gasteiger partial charge in [-0.1, -0.05) is 0 Å². The molecule has 1 unspecified atom stereocenters. The van der Waals surface area contributed by atoms with E-state index >= 15 is 0 Å². The van der Waals surface area contributed by atoms with Crippen LogP contribution in [0.2, 0.25) is 0 Å². The Balaban J connectivity index is 4.55. The van der Waals surface area contributed by atoms with Gasteiger partial charge in [0.25, 0.3) is 0 Å². The summed E-state index contributed by atoms with van der Waals surface area (Å²) in [6.07, 6.45) is -0.587. The number of rotatable bonds is 5. The molecular weight excluding hydrogens is 226 g/mol. The number of aliphatic carboxylic acids is 1. The van der Waals surface area contributed by atoms with Crippen molar-refractivity contribution < 1.29 is 24.2 Å². The molecule has 0 aliphatic heterocycles. The first-order valence-electron chi connectivity index (χ1n) is 5.34. The summed E-state index contributed by atoms with van der Waals surface area (Å²) in [5.74, 6) is -1.12. The Hall–Kier alpha value is -1.30. The number of hydrogen-bond donors (Lipinski definition) is 2. The van der Waals surface area contributed by atoms with Crippen LogP contribution in [0.3, 0.4) is 0 Å². The van der Waals surface area contributed by atoms with Crippen LogP contribution >= 0.6 is 0 Å². The lowest BCUT2D eigenvalue weighted by molar-refractivity contribution is -0.144. The van der Waals surface area contributed by atoms with Crippen LogP contribution in [0, 0.1) is 0 Å². The fourth-order valence-electron chi connectivity index (χ4n) is 1.06.